The molecule has 1 saturated heterocycles. The lowest BCUT2D eigenvalue weighted by molar-refractivity contribution is -0.663. The Balaban J connectivity index is 1.22. The zero-order chi connectivity index (χ0) is 33.5. The molecule has 3 aliphatic rings. The predicted molar refractivity (Wildman–Crippen MR) is 174 cm³/mol. The number of carboxylic acid groups (broad SMARTS) is 2. The number of pyridine rings is 1. The Kier molecular flexibility index (Phi) is 9.15. The van der Waals surface area contributed by atoms with Gasteiger partial charge in [0, 0.05) is 49.0 Å². The van der Waals surface area contributed by atoms with Crippen molar-refractivity contribution in [1.82, 2.24) is 25.1 Å². The van der Waals surface area contributed by atoms with Crippen LogP contribution in [0.15, 0.2) is 47.0 Å². The van der Waals surface area contributed by atoms with E-state index in [2.05, 4.69) is 25.3 Å². The number of carbonyl (C=O) groups is 4. The standard InChI is InChI=1S/C29H31ClN8O7S2/c1-32-9-4-11-36-12-6-17-16(36)5-2-10-37(17)13-15-14-46-25-20(24(40)38(25)21(15)26(41)42)33-23(39)19(18-22(30)47-28(31)34-18)35-45-29(27(43)44)7-3-8-29/h2,5-6,10,12,20,25,32H,3-4,7-9,11,13-14H2,1H3,(H4-,31,33,34,39,41,42,43,44)/p+1. The maximum Gasteiger partial charge on any atom is 0.352 e. The van der Waals surface area contributed by atoms with E-state index in [1.54, 1.807) is 0 Å². The number of nitrogen functional groups attached to an aromatic ring is 1. The molecule has 3 aromatic rings. The summed E-state index contributed by atoms with van der Waals surface area (Å²) in [5.41, 5.74) is 6.00. The number of aryl methyl sites for hydroxylation is 1. The highest BCUT2D eigenvalue weighted by Crippen LogP contribution is 2.41. The third-order valence-electron chi connectivity index (χ3n) is 8.44. The van der Waals surface area contributed by atoms with Crippen molar-refractivity contribution in [2.45, 2.75) is 55.8 Å². The Morgan fingerprint density at radius 2 is 2.09 bits per heavy atom. The fourth-order valence-corrected chi connectivity index (χ4v) is 8.09. The average molecular weight is 704 g/mol. The number of halogens is 1. The summed E-state index contributed by atoms with van der Waals surface area (Å²) < 4.78 is 4.13. The van der Waals surface area contributed by atoms with Crippen molar-refractivity contribution in [1.29, 1.82) is 0 Å². The van der Waals surface area contributed by atoms with E-state index in [-0.39, 0.29) is 40.2 Å². The highest BCUT2D eigenvalue weighted by molar-refractivity contribution is 8.00. The van der Waals surface area contributed by atoms with Crippen molar-refractivity contribution < 1.29 is 38.8 Å². The molecule has 248 valence electrons. The number of hydrogen-bond acceptors (Lipinski definition) is 11. The van der Waals surface area contributed by atoms with Crippen LogP contribution in [0.25, 0.3) is 11.0 Å². The van der Waals surface area contributed by atoms with Crippen LogP contribution in [-0.2, 0) is 37.1 Å². The summed E-state index contributed by atoms with van der Waals surface area (Å²) in [6.45, 7) is 1.96. The monoisotopic (exact) mass is 703 g/mol. The lowest BCUT2D eigenvalue weighted by atomic mass is 9.80. The molecule has 2 fully saturated rings. The Bertz CT molecular complexity index is 1840. The number of fused-ring (bicyclic) bond motifs is 2. The number of nitrogens with zero attached hydrogens (tertiary/aromatic N) is 5. The summed E-state index contributed by atoms with van der Waals surface area (Å²) in [6, 6.07) is 4.82. The molecule has 6 rings (SSSR count). The molecule has 2 atom stereocenters. The van der Waals surface area contributed by atoms with Crippen LogP contribution in [0, 0.1) is 0 Å². The van der Waals surface area contributed by atoms with Gasteiger partial charge in [-0.3, -0.25) is 14.5 Å². The van der Waals surface area contributed by atoms with E-state index in [1.165, 1.54) is 16.7 Å². The zero-order valence-corrected chi connectivity index (χ0v) is 27.5. The fourth-order valence-electron chi connectivity index (χ4n) is 5.83. The minimum atomic E-state index is -1.59. The molecule has 0 bridgehead atoms. The van der Waals surface area contributed by atoms with Crippen LogP contribution in [0.1, 0.15) is 31.4 Å². The molecule has 15 nitrogen and oxygen atoms in total. The first kappa shape index (κ1) is 32.7. The number of nitrogens with two attached hydrogens (primary N) is 1. The van der Waals surface area contributed by atoms with Crippen LogP contribution < -0.4 is 20.9 Å². The lowest BCUT2D eigenvalue weighted by Gasteiger charge is -2.49. The van der Waals surface area contributed by atoms with Crippen molar-refractivity contribution in [3.8, 4) is 0 Å². The van der Waals surface area contributed by atoms with Crippen molar-refractivity contribution in [2.75, 3.05) is 25.1 Å². The third kappa shape index (κ3) is 6.03. The number of rotatable bonds is 13. The molecule has 18 heteroatoms. The number of nitrogens with one attached hydrogen (secondary N) is 2. The number of anilines is 1. The smallest absolute Gasteiger partial charge is 0.352 e. The topological polar surface area (TPSA) is 205 Å². The highest BCUT2D eigenvalue weighted by Gasteiger charge is 2.55. The van der Waals surface area contributed by atoms with E-state index >= 15 is 0 Å². The molecule has 0 spiro atoms. The number of aliphatic carboxylic acids is 2. The van der Waals surface area contributed by atoms with Gasteiger partial charge >= 0.3 is 11.9 Å². The minimum Gasteiger partial charge on any atom is -0.478 e. The van der Waals surface area contributed by atoms with E-state index in [9.17, 15) is 29.4 Å². The van der Waals surface area contributed by atoms with Crippen molar-refractivity contribution >= 4 is 80.3 Å². The van der Waals surface area contributed by atoms with E-state index < -0.39 is 46.5 Å². The average Bonchev–Trinajstić information content (AvgIpc) is 3.58. The molecule has 6 N–H and O–H groups in total. The normalized spacial score (nSPS) is 20.4. The molecule has 0 radical (unpaired) electrons. The van der Waals surface area contributed by atoms with Gasteiger partial charge in [-0.25, -0.2) is 14.6 Å². The van der Waals surface area contributed by atoms with Gasteiger partial charge in [0.05, 0.1) is 0 Å². The molecule has 2 unspecified atom stereocenters. The number of oxime groups is 1. The number of aromatic nitrogens is 3. The number of thiazole rings is 1. The van der Waals surface area contributed by atoms with E-state index in [1.807, 2.05) is 42.2 Å². The summed E-state index contributed by atoms with van der Waals surface area (Å²) in [6.07, 6.45) is 5.84. The number of carbonyl (C=O) groups excluding carboxylic acids is 2. The van der Waals surface area contributed by atoms with Gasteiger partial charge in [-0.15, -0.1) is 11.8 Å². The SMILES string of the molecule is CNCCCn1ccc2c1ccc[n+]2CC1=C(C(=O)O)N2C(=O)C(NC(=O)C(=NOC3(C(=O)O)CCC3)c3nc(N)sc3Cl)C2SC1. The minimum absolute atomic E-state index is 0.0214. The van der Waals surface area contributed by atoms with Gasteiger partial charge < -0.3 is 36.0 Å². The van der Waals surface area contributed by atoms with Gasteiger partial charge in [0.15, 0.2) is 23.6 Å². The first-order valence-corrected chi connectivity index (χ1v) is 17.0. The Labute approximate surface area is 281 Å². The second-order valence-electron chi connectivity index (χ2n) is 11.3. The van der Waals surface area contributed by atoms with E-state index in [4.69, 9.17) is 22.2 Å². The molecule has 3 aromatic heterocycles. The maximum absolute atomic E-state index is 13.5. The van der Waals surface area contributed by atoms with Gasteiger partial charge in [-0.2, -0.15) is 4.57 Å². The quantitative estimate of drug-likeness (QED) is 0.0566. The summed E-state index contributed by atoms with van der Waals surface area (Å²) in [4.78, 5) is 62.0. The first-order chi connectivity index (χ1) is 22.5. The number of amides is 2. The molecular formula is C29H32ClN8O7S2+. The van der Waals surface area contributed by atoms with Crippen LogP contribution in [0.3, 0.4) is 0 Å². The van der Waals surface area contributed by atoms with Crippen LogP contribution in [0.2, 0.25) is 4.34 Å². The molecule has 0 aromatic carbocycles. The summed E-state index contributed by atoms with van der Waals surface area (Å²) in [7, 11) is 1.91. The summed E-state index contributed by atoms with van der Waals surface area (Å²) >= 11 is 8.47. The second kappa shape index (κ2) is 13.1. The number of thioether (sulfide) groups is 1. The van der Waals surface area contributed by atoms with Gasteiger partial charge in [0.2, 0.25) is 11.1 Å². The molecule has 5 heterocycles. The number of hydrogen-bond donors (Lipinski definition) is 5. The largest absolute Gasteiger partial charge is 0.478 e. The Morgan fingerprint density at radius 1 is 1.30 bits per heavy atom. The van der Waals surface area contributed by atoms with Gasteiger partial charge in [0.1, 0.15) is 32.7 Å². The van der Waals surface area contributed by atoms with E-state index in [0.717, 1.165) is 41.9 Å². The molecule has 47 heavy (non-hydrogen) atoms. The van der Waals surface area contributed by atoms with E-state index in [0.29, 0.717) is 17.7 Å². The van der Waals surface area contributed by atoms with Gasteiger partial charge in [0.25, 0.3) is 11.8 Å². The van der Waals surface area contributed by atoms with Crippen molar-refractivity contribution in [3.63, 3.8) is 0 Å². The molecule has 1 aliphatic carbocycles. The Morgan fingerprint density at radius 3 is 2.72 bits per heavy atom. The van der Waals surface area contributed by atoms with Crippen molar-refractivity contribution in [2.24, 2.45) is 5.16 Å². The first-order valence-electron chi connectivity index (χ1n) is 14.8. The molecular weight excluding hydrogens is 672 g/mol. The highest BCUT2D eigenvalue weighted by atomic mass is 35.5. The van der Waals surface area contributed by atoms with Crippen LogP contribution in [-0.4, -0.2) is 90.5 Å². The van der Waals surface area contributed by atoms with Crippen LogP contribution in [0.5, 0.6) is 0 Å². The van der Waals surface area contributed by atoms with Gasteiger partial charge in [-0.05, 0) is 32.5 Å². The molecule has 2 amide bonds. The van der Waals surface area contributed by atoms with Crippen molar-refractivity contribution in [3.05, 3.63) is 51.9 Å². The third-order valence-corrected chi connectivity index (χ3v) is 10.9. The Hall–Kier alpha value is -4.19. The van der Waals surface area contributed by atoms with Crippen LogP contribution >= 0.6 is 34.7 Å². The lowest BCUT2D eigenvalue weighted by Crippen LogP contribution is -2.71. The fraction of sp³-hybridized carbons (Fsp3) is 0.414. The molecule has 2 aliphatic heterocycles. The zero-order valence-electron chi connectivity index (χ0n) is 25.1. The summed E-state index contributed by atoms with van der Waals surface area (Å²) in [5.74, 6) is -3.69. The maximum atomic E-state index is 13.5. The predicted octanol–water partition coefficient (Wildman–Crippen LogP) is 1.40. The van der Waals surface area contributed by atoms with Gasteiger partial charge in [-0.1, -0.05) is 28.1 Å². The number of β-lactam (4-membered cyclic amide) rings is 1. The summed E-state index contributed by atoms with van der Waals surface area (Å²) in [5, 5.41) is 28.8. The second-order valence-corrected chi connectivity index (χ2v) is 14.1. The number of carboxylic acids is 2. The van der Waals surface area contributed by atoms with Crippen LogP contribution in [0.4, 0.5) is 5.13 Å². The molecule has 1 saturated carbocycles.